The maximum atomic E-state index is 11.7. The highest BCUT2D eigenvalue weighted by atomic mass is 19.4. The van der Waals surface area contributed by atoms with Crippen molar-refractivity contribution in [3.8, 4) is 0 Å². The number of nitrogens with zero attached hydrogens (tertiary/aromatic N) is 3. The zero-order chi connectivity index (χ0) is 8.32. The number of hydrogen-bond acceptors (Lipinski definition) is 3. The second-order valence-corrected chi connectivity index (χ2v) is 2.06. The molecule has 0 aromatic carbocycles. The highest BCUT2D eigenvalue weighted by Crippen LogP contribution is 2.17. The molecule has 1 heterocycles. The molecule has 0 radical (unpaired) electrons. The first-order chi connectivity index (χ1) is 5.08. The zero-order valence-corrected chi connectivity index (χ0v) is 5.54. The van der Waals surface area contributed by atoms with Gasteiger partial charge in [0.1, 0.15) is 13.2 Å². The summed E-state index contributed by atoms with van der Waals surface area (Å²) in [7, 11) is 0. The third-order valence-electron chi connectivity index (χ3n) is 1.05. The molecule has 0 N–H and O–H groups in total. The molecule has 0 unspecified atom stereocenters. The maximum Gasteiger partial charge on any atom is 0.405 e. The van der Waals surface area contributed by atoms with Gasteiger partial charge in [-0.25, -0.2) is 0 Å². The summed E-state index contributed by atoms with van der Waals surface area (Å²) in [5.41, 5.74) is 0. The van der Waals surface area contributed by atoms with E-state index in [-0.39, 0.29) is 6.67 Å². The van der Waals surface area contributed by atoms with Crippen LogP contribution in [0, 0.1) is 0 Å². The Hall–Kier alpha value is -1.07. The SMILES string of the molecule is FC(F)(F)CN1C=CN=NC1. The van der Waals surface area contributed by atoms with Crippen LogP contribution in [-0.2, 0) is 0 Å². The Morgan fingerprint density at radius 1 is 1.45 bits per heavy atom. The van der Waals surface area contributed by atoms with Crippen LogP contribution in [0.5, 0.6) is 0 Å². The number of hydrogen-bond donors (Lipinski definition) is 0. The van der Waals surface area contributed by atoms with Gasteiger partial charge in [0.25, 0.3) is 0 Å². The molecule has 1 aliphatic heterocycles. The number of halogens is 3. The number of alkyl halides is 3. The van der Waals surface area contributed by atoms with Gasteiger partial charge in [-0.15, -0.1) is 0 Å². The topological polar surface area (TPSA) is 28.0 Å². The van der Waals surface area contributed by atoms with Crippen molar-refractivity contribution in [3.05, 3.63) is 12.4 Å². The molecule has 0 aromatic rings. The van der Waals surface area contributed by atoms with E-state index in [0.29, 0.717) is 0 Å². The Bertz CT molecular complexity index is 184. The molecule has 0 aliphatic carbocycles. The first-order valence-corrected chi connectivity index (χ1v) is 2.92. The summed E-state index contributed by atoms with van der Waals surface area (Å²) in [5.74, 6) is 0. The lowest BCUT2D eigenvalue weighted by Gasteiger charge is -2.19. The third-order valence-corrected chi connectivity index (χ3v) is 1.05. The maximum absolute atomic E-state index is 11.7. The molecule has 0 aromatic heterocycles. The van der Waals surface area contributed by atoms with Crippen LogP contribution in [0.15, 0.2) is 22.6 Å². The van der Waals surface area contributed by atoms with Crippen molar-refractivity contribution >= 4 is 0 Å². The van der Waals surface area contributed by atoms with Gasteiger partial charge in [0, 0.05) is 6.20 Å². The predicted octanol–water partition coefficient (Wildman–Crippen LogP) is 1.75. The Balaban J connectivity index is 2.39. The van der Waals surface area contributed by atoms with Gasteiger partial charge in [-0.3, -0.25) is 0 Å². The highest BCUT2D eigenvalue weighted by molar-refractivity contribution is 4.83. The van der Waals surface area contributed by atoms with Crippen LogP contribution in [0.2, 0.25) is 0 Å². The van der Waals surface area contributed by atoms with Gasteiger partial charge in [-0.1, -0.05) is 0 Å². The van der Waals surface area contributed by atoms with Crippen molar-refractivity contribution in [3.63, 3.8) is 0 Å². The molecule has 0 saturated heterocycles. The van der Waals surface area contributed by atoms with E-state index in [1.54, 1.807) is 0 Å². The predicted molar refractivity (Wildman–Crippen MR) is 31.6 cm³/mol. The van der Waals surface area contributed by atoms with Gasteiger partial charge in [0.2, 0.25) is 0 Å². The van der Waals surface area contributed by atoms with Crippen molar-refractivity contribution in [2.75, 3.05) is 13.2 Å². The molecule has 0 amide bonds. The summed E-state index contributed by atoms with van der Waals surface area (Å²) in [6, 6.07) is 0. The molecule has 0 saturated carbocycles. The molecule has 1 rings (SSSR count). The lowest BCUT2D eigenvalue weighted by molar-refractivity contribution is -0.140. The molecule has 6 heteroatoms. The van der Waals surface area contributed by atoms with E-state index in [0.717, 1.165) is 4.90 Å². The summed E-state index contributed by atoms with van der Waals surface area (Å²) in [4.78, 5) is 1.03. The number of rotatable bonds is 1. The molecule has 1 aliphatic rings. The van der Waals surface area contributed by atoms with Crippen molar-refractivity contribution in [1.82, 2.24) is 4.90 Å². The van der Waals surface area contributed by atoms with Gasteiger partial charge < -0.3 is 4.90 Å². The average Bonchev–Trinajstić information content (AvgIpc) is 1.85. The highest BCUT2D eigenvalue weighted by Gasteiger charge is 2.29. The molecular weight excluding hydrogens is 159 g/mol. The molecule has 3 nitrogen and oxygen atoms in total. The minimum Gasteiger partial charge on any atom is -0.346 e. The monoisotopic (exact) mass is 165 g/mol. The van der Waals surface area contributed by atoms with E-state index in [4.69, 9.17) is 0 Å². The van der Waals surface area contributed by atoms with E-state index < -0.39 is 12.7 Å². The van der Waals surface area contributed by atoms with E-state index >= 15 is 0 Å². The smallest absolute Gasteiger partial charge is 0.346 e. The van der Waals surface area contributed by atoms with Crippen LogP contribution >= 0.6 is 0 Å². The zero-order valence-electron chi connectivity index (χ0n) is 5.54. The van der Waals surface area contributed by atoms with Crippen molar-refractivity contribution in [1.29, 1.82) is 0 Å². The largest absolute Gasteiger partial charge is 0.405 e. The molecule has 11 heavy (non-hydrogen) atoms. The molecular formula is C5H6F3N3. The lowest BCUT2D eigenvalue weighted by atomic mass is 10.5. The van der Waals surface area contributed by atoms with Crippen molar-refractivity contribution in [2.24, 2.45) is 10.2 Å². The molecule has 0 bridgehead atoms. The first-order valence-electron chi connectivity index (χ1n) is 2.92. The van der Waals surface area contributed by atoms with Crippen LogP contribution in [0.3, 0.4) is 0 Å². The minimum atomic E-state index is -4.17. The molecule has 0 fully saturated rings. The fourth-order valence-corrected chi connectivity index (χ4v) is 0.669. The van der Waals surface area contributed by atoms with Crippen molar-refractivity contribution < 1.29 is 13.2 Å². The molecule has 0 spiro atoms. The van der Waals surface area contributed by atoms with E-state index in [2.05, 4.69) is 10.2 Å². The Labute approximate surface area is 61.2 Å². The van der Waals surface area contributed by atoms with Crippen LogP contribution in [0.25, 0.3) is 0 Å². The second-order valence-electron chi connectivity index (χ2n) is 2.06. The second kappa shape index (κ2) is 2.89. The Kier molecular flexibility index (Phi) is 2.11. The first kappa shape index (κ1) is 8.03. The fraction of sp³-hybridized carbons (Fsp3) is 0.600. The van der Waals surface area contributed by atoms with Crippen LogP contribution in [0.4, 0.5) is 13.2 Å². The van der Waals surface area contributed by atoms with Gasteiger partial charge in [0.05, 0.1) is 6.20 Å². The van der Waals surface area contributed by atoms with Crippen LogP contribution in [0.1, 0.15) is 0 Å². The van der Waals surface area contributed by atoms with Gasteiger partial charge >= 0.3 is 6.18 Å². The van der Waals surface area contributed by atoms with Gasteiger partial charge in [0.15, 0.2) is 0 Å². The molecule has 62 valence electrons. The van der Waals surface area contributed by atoms with Crippen LogP contribution < -0.4 is 0 Å². The van der Waals surface area contributed by atoms with E-state index in [1.165, 1.54) is 12.4 Å². The summed E-state index contributed by atoms with van der Waals surface area (Å²) < 4.78 is 35.1. The average molecular weight is 165 g/mol. The van der Waals surface area contributed by atoms with Gasteiger partial charge in [-0.05, 0) is 0 Å². The number of azo groups is 1. The van der Waals surface area contributed by atoms with Gasteiger partial charge in [-0.2, -0.15) is 23.4 Å². The fourth-order valence-electron chi connectivity index (χ4n) is 0.669. The Morgan fingerprint density at radius 2 is 2.18 bits per heavy atom. The van der Waals surface area contributed by atoms with E-state index in [9.17, 15) is 13.2 Å². The molecule has 0 atom stereocenters. The summed E-state index contributed by atoms with van der Waals surface area (Å²) in [5, 5.41) is 6.80. The van der Waals surface area contributed by atoms with Crippen LogP contribution in [-0.4, -0.2) is 24.3 Å². The summed E-state index contributed by atoms with van der Waals surface area (Å²) in [6.45, 7) is -0.988. The van der Waals surface area contributed by atoms with E-state index in [1.807, 2.05) is 0 Å². The summed E-state index contributed by atoms with van der Waals surface area (Å²) >= 11 is 0. The summed E-state index contributed by atoms with van der Waals surface area (Å²) in [6.07, 6.45) is -1.67. The lowest BCUT2D eigenvalue weighted by Crippen LogP contribution is -2.30. The van der Waals surface area contributed by atoms with Crippen molar-refractivity contribution in [2.45, 2.75) is 6.18 Å². The Morgan fingerprint density at radius 3 is 2.64 bits per heavy atom. The quantitative estimate of drug-likeness (QED) is 0.581. The third kappa shape index (κ3) is 3.01. The minimum absolute atomic E-state index is 0.0178. The standard InChI is InChI=1S/C5H6F3N3/c6-5(7,8)3-11-2-1-9-10-4-11/h1-2H,3-4H2. The normalized spacial score (nSPS) is 17.5.